The highest BCUT2D eigenvalue weighted by atomic mass is 16.2. The van der Waals surface area contributed by atoms with Crippen LogP contribution in [0.15, 0.2) is 24.3 Å². The van der Waals surface area contributed by atoms with Crippen LogP contribution in [-0.2, 0) is 0 Å². The summed E-state index contributed by atoms with van der Waals surface area (Å²) in [5.41, 5.74) is 1.92. The van der Waals surface area contributed by atoms with Crippen LogP contribution in [-0.4, -0.2) is 37.0 Å². The molecule has 1 fully saturated rings. The van der Waals surface area contributed by atoms with Gasteiger partial charge in [-0.3, -0.25) is 4.79 Å². The van der Waals surface area contributed by atoms with Crippen LogP contribution in [0.1, 0.15) is 35.2 Å². The summed E-state index contributed by atoms with van der Waals surface area (Å²) in [6, 6.07) is 8.25. The monoisotopic (exact) mass is 246 g/mol. The molecule has 1 unspecified atom stereocenters. The molecule has 0 radical (unpaired) electrons. The van der Waals surface area contributed by atoms with Crippen molar-refractivity contribution < 1.29 is 4.79 Å². The van der Waals surface area contributed by atoms with Crippen LogP contribution in [0.25, 0.3) is 0 Å². The molecule has 1 amide bonds. The Bertz CT molecular complexity index is 411. The Hall–Kier alpha value is -1.35. The number of carbonyl (C=O) groups is 1. The summed E-state index contributed by atoms with van der Waals surface area (Å²) in [7, 11) is 1.89. The predicted octanol–water partition coefficient (Wildman–Crippen LogP) is 2.21. The first-order chi connectivity index (χ1) is 8.66. The van der Waals surface area contributed by atoms with E-state index < -0.39 is 0 Å². The predicted molar refractivity (Wildman–Crippen MR) is 73.8 cm³/mol. The van der Waals surface area contributed by atoms with Crippen LogP contribution in [0.2, 0.25) is 0 Å². The molecule has 0 aliphatic carbocycles. The maximum atomic E-state index is 12.3. The van der Waals surface area contributed by atoms with Crippen molar-refractivity contribution in [3.63, 3.8) is 0 Å². The van der Waals surface area contributed by atoms with E-state index in [1.807, 2.05) is 43.1 Å². The van der Waals surface area contributed by atoms with Gasteiger partial charge in [0.15, 0.2) is 0 Å². The van der Waals surface area contributed by atoms with Crippen molar-refractivity contribution in [2.45, 2.75) is 32.2 Å². The minimum absolute atomic E-state index is 0.117. The molecule has 98 valence electrons. The molecule has 1 saturated heterocycles. The quantitative estimate of drug-likeness (QED) is 0.887. The van der Waals surface area contributed by atoms with Crippen molar-refractivity contribution in [1.29, 1.82) is 0 Å². The van der Waals surface area contributed by atoms with Crippen molar-refractivity contribution in [2.75, 3.05) is 20.1 Å². The largest absolute Gasteiger partial charge is 0.340 e. The third-order valence-electron chi connectivity index (χ3n) is 3.52. The molecule has 0 spiro atoms. The molecule has 18 heavy (non-hydrogen) atoms. The van der Waals surface area contributed by atoms with E-state index >= 15 is 0 Å². The second-order valence-electron chi connectivity index (χ2n) is 5.20. The standard InChI is InChI=1S/C15H22N2O/c1-12-6-5-7-13(10-12)15(18)17(2)11-14-8-3-4-9-16-14/h5-7,10,14,16H,3-4,8-9,11H2,1-2H3. The van der Waals surface area contributed by atoms with Gasteiger partial charge in [-0.2, -0.15) is 0 Å². The van der Waals surface area contributed by atoms with Gasteiger partial charge in [0.25, 0.3) is 5.91 Å². The Balaban J connectivity index is 1.95. The summed E-state index contributed by atoms with van der Waals surface area (Å²) in [5.74, 6) is 0.117. The molecule has 1 atom stereocenters. The summed E-state index contributed by atoms with van der Waals surface area (Å²) in [4.78, 5) is 14.1. The number of rotatable bonds is 3. The fourth-order valence-electron chi connectivity index (χ4n) is 2.49. The minimum Gasteiger partial charge on any atom is -0.340 e. The number of amides is 1. The number of hydrogen-bond acceptors (Lipinski definition) is 2. The molecule has 1 aromatic rings. The Morgan fingerprint density at radius 3 is 2.94 bits per heavy atom. The third kappa shape index (κ3) is 3.33. The van der Waals surface area contributed by atoms with E-state index in [0.717, 1.165) is 24.2 Å². The summed E-state index contributed by atoms with van der Waals surface area (Å²) in [6.07, 6.45) is 3.70. The molecule has 3 heteroatoms. The zero-order chi connectivity index (χ0) is 13.0. The van der Waals surface area contributed by atoms with Crippen molar-refractivity contribution >= 4 is 5.91 Å². The van der Waals surface area contributed by atoms with Crippen molar-refractivity contribution in [2.24, 2.45) is 0 Å². The Labute approximate surface area is 109 Å². The van der Waals surface area contributed by atoms with Gasteiger partial charge >= 0.3 is 0 Å². The van der Waals surface area contributed by atoms with E-state index in [9.17, 15) is 4.79 Å². The lowest BCUT2D eigenvalue weighted by Gasteiger charge is -2.28. The number of aryl methyl sites for hydroxylation is 1. The lowest BCUT2D eigenvalue weighted by atomic mass is 10.0. The molecular weight excluding hydrogens is 224 g/mol. The van der Waals surface area contributed by atoms with E-state index in [1.165, 1.54) is 19.3 Å². The van der Waals surface area contributed by atoms with Gasteiger partial charge in [0, 0.05) is 25.2 Å². The van der Waals surface area contributed by atoms with E-state index in [2.05, 4.69) is 5.32 Å². The Kier molecular flexibility index (Phi) is 4.37. The first-order valence-corrected chi connectivity index (χ1v) is 6.72. The normalized spacial score (nSPS) is 19.6. The molecule has 0 aromatic heterocycles. The molecule has 0 saturated carbocycles. The molecule has 1 aliphatic heterocycles. The van der Waals surface area contributed by atoms with Gasteiger partial charge in [-0.05, 0) is 38.4 Å². The highest BCUT2D eigenvalue weighted by Crippen LogP contribution is 2.11. The maximum Gasteiger partial charge on any atom is 0.253 e. The second-order valence-corrected chi connectivity index (χ2v) is 5.20. The summed E-state index contributed by atoms with van der Waals surface area (Å²) in [5, 5.41) is 3.47. The number of hydrogen-bond donors (Lipinski definition) is 1. The number of nitrogens with one attached hydrogen (secondary N) is 1. The van der Waals surface area contributed by atoms with Gasteiger partial charge in [0.2, 0.25) is 0 Å². The molecule has 1 aliphatic rings. The van der Waals surface area contributed by atoms with Gasteiger partial charge in [-0.15, -0.1) is 0 Å². The Morgan fingerprint density at radius 2 is 2.28 bits per heavy atom. The fourth-order valence-corrected chi connectivity index (χ4v) is 2.49. The SMILES string of the molecule is Cc1cccc(C(=O)N(C)CC2CCCCN2)c1. The average Bonchev–Trinajstić information content (AvgIpc) is 2.39. The summed E-state index contributed by atoms with van der Waals surface area (Å²) in [6.45, 7) is 3.89. The summed E-state index contributed by atoms with van der Waals surface area (Å²) >= 11 is 0. The minimum atomic E-state index is 0.117. The lowest BCUT2D eigenvalue weighted by molar-refractivity contribution is 0.0775. The van der Waals surface area contributed by atoms with Crippen LogP contribution < -0.4 is 5.32 Å². The molecule has 1 aromatic carbocycles. The van der Waals surface area contributed by atoms with Crippen molar-refractivity contribution in [3.05, 3.63) is 35.4 Å². The van der Waals surface area contributed by atoms with Gasteiger partial charge in [0.1, 0.15) is 0 Å². The number of benzene rings is 1. The third-order valence-corrected chi connectivity index (χ3v) is 3.52. The Morgan fingerprint density at radius 1 is 1.44 bits per heavy atom. The van der Waals surface area contributed by atoms with Gasteiger partial charge < -0.3 is 10.2 Å². The molecule has 3 nitrogen and oxygen atoms in total. The summed E-state index contributed by atoms with van der Waals surface area (Å²) < 4.78 is 0. The number of likely N-dealkylation sites (N-methyl/N-ethyl adjacent to an activating group) is 1. The van der Waals surface area contributed by atoms with Gasteiger partial charge in [-0.25, -0.2) is 0 Å². The van der Waals surface area contributed by atoms with E-state index in [-0.39, 0.29) is 5.91 Å². The topological polar surface area (TPSA) is 32.3 Å². The first-order valence-electron chi connectivity index (χ1n) is 6.72. The van der Waals surface area contributed by atoms with E-state index in [0.29, 0.717) is 6.04 Å². The van der Waals surface area contributed by atoms with Crippen LogP contribution in [0.3, 0.4) is 0 Å². The van der Waals surface area contributed by atoms with Crippen LogP contribution in [0.4, 0.5) is 0 Å². The molecule has 0 bridgehead atoms. The van der Waals surface area contributed by atoms with Gasteiger partial charge in [-0.1, -0.05) is 24.1 Å². The highest BCUT2D eigenvalue weighted by molar-refractivity contribution is 5.94. The van der Waals surface area contributed by atoms with Crippen molar-refractivity contribution in [1.82, 2.24) is 10.2 Å². The lowest BCUT2D eigenvalue weighted by Crippen LogP contribution is -2.44. The van der Waals surface area contributed by atoms with E-state index in [4.69, 9.17) is 0 Å². The van der Waals surface area contributed by atoms with Crippen LogP contribution >= 0.6 is 0 Å². The second kappa shape index (κ2) is 6.01. The smallest absolute Gasteiger partial charge is 0.253 e. The zero-order valence-corrected chi connectivity index (χ0v) is 11.3. The van der Waals surface area contributed by atoms with Crippen LogP contribution in [0, 0.1) is 6.92 Å². The van der Waals surface area contributed by atoms with Crippen LogP contribution in [0.5, 0.6) is 0 Å². The highest BCUT2D eigenvalue weighted by Gasteiger charge is 2.18. The molecule has 2 rings (SSSR count). The number of carbonyl (C=O) groups excluding carboxylic acids is 1. The average molecular weight is 246 g/mol. The van der Waals surface area contributed by atoms with Gasteiger partial charge in [0.05, 0.1) is 0 Å². The molecular formula is C15H22N2O. The van der Waals surface area contributed by atoms with E-state index in [1.54, 1.807) is 0 Å². The van der Waals surface area contributed by atoms with Crippen molar-refractivity contribution in [3.8, 4) is 0 Å². The molecule has 1 N–H and O–H groups in total. The number of nitrogens with zero attached hydrogens (tertiary/aromatic N) is 1. The molecule has 1 heterocycles. The number of piperidine rings is 1. The first kappa shape index (κ1) is 13.1. The fraction of sp³-hybridized carbons (Fsp3) is 0.533. The maximum absolute atomic E-state index is 12.3. The zero-order valence-electron chi connectivity index (χ0n) is 11.3.